The van der Waals surface area contributed by atoms with Crippen molar-refractivity contribution in [2.75, 3.05) is 56.4 Å². The summed E-state index contributed by atoms with van der Waals surface area (Å²) in [6.45, 7) is 13.1. The van der Waals surface area contributed by atoms with Gasteiger partial charge in [-0.05, 0) is 271 Å². The first-order valence-electron chi connectivity index (χ1n) is 44.7. The smallest absolute Gasteiger partial charge is 0.316 e. The van der Waals surface area contributed by atoms with E-state index in [4.69, 9.17) is 40.9 Å². The van der Waals surface area contributed by atoms with Crippen molar-refractivity contribution < 1.29 is 56.9 Å². The Morgan fingerprint density at radius 2 is 0.836 bits per heavy atom. The number of ether oxygens (including phenoxy) is 2. The van der Waals surface area contributed by atoms with Gasteiger partial charge in [0.05, 0.1) is 60.0 Å². The van der Waals surface area contributed by atoms with Gasteiger partial charge in [0.2, 0.25) is 29.0 Å². The molecule has 0 bridgehead atoms. The van der Waals surface area contributed by atoms with Crippen molar-refractivity contribution in [3.63, 3.8) is 0 Å². The lowest BCUT2D eigenvalue weighted by Gasteiger charge is -2.39. The van der Waals surface area contributed by atoms with E-state index in [1.165, 1.54) is 60.6 Å². The molecule has 668 valence electrons. The van der Waals surface area contributed by atoms with Crippen LogP contribution >= 0.6 is 11.8 Å². The van der Waals surface area contributed by atoms with Crippen LogP contribution in [0.15, 0.2) is 122 Å². The first kappa shape index (κ1) is 94.3. The largest absolute Gasteiger partial charge is 0.468 e. The molecule has 4 aliphatic heterocycles. The zero-order valence-corrected chi connectivity index (χ0v) is 76.1. The van der Waals surface area contributed by atoms with E-state index in [0.29, 0.717) is 73.3 Å². The number of nitrogens with zero attached hydrogens (tertiary/aromatic N) is 5. The molecule has 4 aromatic carbocycles. The van der Waals surface area contributed by atoms with E-state index in [0.717, 1.165) is 182 Å². The zero-order valence-electron chi connectivity index (χ0n) is 74.5. The minimum atomic E-state index is -3.09. The number of carbonyl (C=O) groups is 6. The number of carbonyl (C=O) groups excluding carboxylic acids is 6. The quantitative estimate of drug-likeness (QED) is 0.0200. The van der Waals surface area contributed by atoms with Gasteiger partial charge in [0.15, 0.2) is 33.1 Å². The number of amides is 1. The van der Waals surface area contributed by atoms with Gasteiger partial charge in [0, 0.05) is 64.4 Å². The van der Waals surface area contributed by atoms with Gasteiger partial charge in [-0.1, -0.05) is 130 Å². The van der Waals surface area contributed by atoms with Crippen LogP contribution in [0.4, 0.5) is 0 Å². The average Bonchev–Trinajstić information content (AvgIpc) is 1.71. The van der Waals surface area contributed by atoms with Crippen LogP contribution in [0.3, 0.4) is 0 Å². The number of esters is 1. The number of imidazole rings is 4. The van der Waals surface area contributed by atoms with Crippen LogP contribution in [0, 0.1) is 60.2 Å². The van der Waals surface area contributed by atoms with Crippen LogP contribution in [0.2, 0.25) is 0 Å². The highest BCUT2D eigenvalue weighted by molar-refractivity contribution is 7.99. The van der Waals surface area contributed by atoms with E-state index < -0.39 is 32.0 Å². The number of hydrogen-bond donors (Lipinski definition) is 7. The van der Waals surface area contributed by atoms with Crippen molar-refractivity contribution >= 4 is 78.9 Å². The Bertz CT molecular complexity index is 5920. The fourth-order valence-corrected chi connectivity index (χ4v) is 21.2. The Labute approximate surface area is 756 Å². The summed E-state index contributed by atoms with van der Waals surface area (Å²) in [5.74, 6) is 12.3. The maximum absolute atomic E-state index is 13.0. The number of aromatic nitrogens is 8. The molecule has 4 aliphatic carbocycles. The fourth-order valence-electron chi connectivity index (χ4n) is 18.5. The van der Waals surface area contributed by atoms with E-state index in [1.807, 2.05) is 65.2 Å². The predicted octanol–water partition coefficient (Wildman–Crippen LogP) is 16.5. The summed E-state index contributed by atoms with van der Waals surface area (Å²) in [5, 5.41) is 22.4. The van der Waals surface area contributed by atoms with Crippen molar-refractivity contribution in [3.8, 4) is 49.4 Å². The molecule has 0 unspecified atom stereocenters. The minimum Gasteiger partial charge on any atom is -0.468 e. The number of Topliss-reactive ketones (excluding diaryl/α,β-unsaturated/α-hetero) is 4. The van der Waals surface area contributed by atoms with Crippen molar-refractivity contribution in [1.82, 2.24) is 44.8 Å². The van der Waals surface area contributed by atoms with Crippen molar-refractivity contribution in [1.29, 1.82) is 0 Å². The molecule has 8 aliphatic rings. The highest BCUT2D eigenvalue weighted by Gasteiger charge is 2.45. The van der Waals surface area contributed by atoms with Gasteiger partial charge in [0.25, 0.3) is 0 Å². The van der Waals surface area contributed by atoms with E-state index >= 15 is 0 Å². The third-order valence-corrected chi connectivity index (χ3v) is 29.6. The Morgan fingerprint density at radius 3 is 1.17 bits per heavy atom. The van der Waals surface area contributed by atoms with Crippen molar-refractivity contribution in [3.05, 3.63) is 235 Å². The number of nitrogens with two attached hydrogens (primary N) is 1. The maximum atomic E-state index is 13.0. The molecule has 128 heavy (non-hydrogen) atoms. The number of aliphatic hydroxyl groups is 2. The van der Waals surface area contributed by atoms with E-state index in [2.05, 4.69) is 140 Å². The molecule has 22 nitrogen and oxygen atoms in total. The SMILES string of the molecule is C#Cc1cnc(C(=O)Cc2ccc(C3(C(=O)OC)CCOCC3)cc2C2=CCC(C)(C)CC2)[nH]1.C#Cc1cnc(C(=O)Cc2ccc(C3(N)CCN(C(C)=O)CC3)cc2C2=CCC(C)(C)CC2)[nH]1.C#Cc1cnc(C(=O)Cc2ccc(C3(O)CCS(=O)(=O)CC3)cc2C2=CCCCC2)[nH]1.C#Cc1cnc(C(=O)Cc2ccc(C3(O)CCSCC3)cc2C2=CCCCC2)[nH]1. The van der Waals surface area contributed by atoms with Gasteiger partial charge in [-0.15, -0.1) is 25.7 Å². The van der Waals surface area contributed by atoms with Crippen LogP contribution < -0.4 is 5.73 Å². The molecule has 8 heterocycles. The molecule has 16 rings (SSSR count). The standard InChI is InChI=1S/C28H34N4O2.C28H32N2O4.C24H26N2O4S.C24H26N2O2S/c1-5-23-18-30-26(31-23)25(34)16-21-6-7-22(28(29)12-14-32(15-13-28)19(2)33)17-24(21)20-8-10-27(3,4)11-9-20;1-5-22-18-29-25(30-22)24(31)16-20-6-7-21(28(26(32)33-4)12-14-34-15-13-28)17-23(20)19-8-10-27(2,3)11-9-19;1-2-20-16-25-23(26-20)22(27)14-18-8-9-19(15-21(18)17-6-4-3-5-7-17)24(28)10-12-31(29,30)13-11-24;1-2-20-16-25-23(26-20)22(27)14-18-8-9-19(24(28)10-12-29-13-11-24)15-21(18)17-6-4-3-5-7-17/h1,6-8,17-18H,9-16,29H2,2-4H3,(H,30,31);1,6-8,17-18H,9-16H2,2-4H3,(H,29,30);1,6,8-9,15-16,28H,3-5,7,10-14H2,(H,25,26);1,6,8-9,15-16,28H,3-5,7,10-14H2,(H,25,26). The number of thioether (sulfide) groups is 1. The van der Waals surface area contributed by atoms with Crippen molar-refractivity contribution in [2.24, 2.45) is 16.6 Å². The lowest BCUT2D eigenvalue weighted by atomic mass is 9.71. The van der Waals surface area contributed by atoms with Gasteiger partial charge in [-0.2, -0.15) is 11.8 Å². The topological polar surface area (TPSA) is 339 Å². The zero-order chi connectivity index (χ0) is 91.2. The molecule has 1 amide bonds. The molecule has 0 saturated carbocycles. The van der Waals surface area contributed by atoms with Gasteiger partial charge >= 0.3 is 5.97 Å². The minimum absolute atomic E-state index is 0.0161. The number of aromatic amines is 4. The molecule has 0 spiro atoms. The number of benzene rings is 4. The fraction of sp³-hybridized carbons (Fsp3) is 0.442. The Hall–Kier alpha value is -11.3. The van der Waals surface area contributed by atoms with Crippen LogP contribution in [0.25, 0.3) is 22.3 Å². The average molecular weight is 1760 g/mol. The number of nitrogens with one attached hydrogen (secondary N) is 4. The summed E-state index contributed by atoms with van der Waals surface area (Å²) in [5.41, 5.74) is 22.8. The number of rotatable bonds is 21. The van der Waals surface area contributed by atoms with E-state index in [-0.39, 0.29) is 113 Å². The van der Waals surface area contributed by atoms with Crippen molar-refractivity contribution in [2.45, 2.75) is 224 Å². The first-order valence-corrected chi connectivity index (χ1v) is 47.7. The lowest BCUT2D eigenvalue weighted by Crippen LogP contribution is -2.49. The molecule has 8 N–H and O–H groups in total. The molecule has 0 atom stereocenters. The van der Waals surface area contributed by atoms with E-state index in [9.17, 15) is 47.4 Å². The normalized spacial score (nSPS) is 19.2. The van der Waals surface area contributed by atoms with Gasteiger partial charge in [0.1, 0.15) is 22.8 Å². The van der Waals surface area contributed by atoms with Crippen LogP contribution in [-0.2, 0) is 76.7 Å². The Balaban J connectivity index is 0.000000146. The maximum Gasteiger partial charge on any atom is 0.316 e. The second-order valence-electron chi connectivity index (χ2n) is 36.9. The first-order chi connectivity index (χ1) is 61.3. The molecular formula is C104H118N10O12S2. The number of ketones is 4. The highest BCUT2D eigenvalue weighted by atomic mass is 32.2. The molecular weight excluding hydrogens is 1650 g/mol. The summed E-state index contributed by atoms with van der Waals surface area (Å²) in [6.07, 6.45) is 56.6. The van der Waals surface area contributed by atoms with Gasteiger partial charge < -0.3 is 50.3 Å². The molecule has 24 heteroatoms. The Morgan fingerprint density at radius 1 is 0.484 bits per heavy atom. The lowest BCUT2D eigenvalue weighted by molar-refractivity contribution is -0.151. The third kappa shape index (κ3) is 22.8. The Kier molecular flexibility index (Phi) is 30.2. The monoisotopic (exact) mass is 1760 g/mol. The summed E-state index contributed by atoms with van der Waals surface area (Å²) >= 11 is 1.90. The molecule has 0 radical (unpaired) electrons. The molecule has 8 aromatic rings. The number of H-pyrrole nitrogens is 4. The number of allylic oxidation sites excluding steroid dienone is 8. The molecule has 4 aromatic heterocycles. The van der Waals surface area contributed by atoms with Gasteiger partial charge in [-0.25, -0.2) is 28.4 Å². The number of sulfone groups is 1. The third-order valence-electron chi connectivity index (χ3n) is 26.9. The second-order valence-corrected chi connectivity index (χ2v) is 40.4. The summed E-state index contributed by atoms with van der Waals surface area (Å²) < 4.78 is 34.5. The van der Waals surface area contributed by atoms with Crippen LogP contribution in [-0.4, -0.2) is 155 Å². The van der Waals surface area contributed by atoms with E-state index in [1.54, 1.807) is 6.92 Å². The number of likely N-dealkylation sites (tertiary alicyclic amines) is 1. The number of piperidine rings is 1. The molecule has 4 fully saturated rings. The number of terminal acetylenes is 4. The highest BCUT2D eigenvalue weighted by Crippen LogP contribution is 2.46. The number of methoxy groups -OCH3 is 1. The number of hydrogen-bond acceptors (Lipinski definition) is 18. The second kappa shape index (κ2) is 41.0. The predicted molar refractivity (Wildman–Crippen MR) is 501 cm³/mol. The summed E-state index contributed by atoms with van der Waals surface area (Å²) in [4.78, 5) is 106. The van der Waals surface area contributed by atoms with Gasteiger partial charge in [-0.3, -0.25) is 28.8 Å². The summed E-state index contributed by atoms with van der Waals surface area (Å²) in [6, 6.07) is 24.1. The molecule has 4 saturated heterocycles. The summed E-state index contributed by atoms with van der Waals surface area (Å²) in [7, 11) is -1.65. The van der Waals surface area contributed by atoms with Crippen LogP contribution in [0.1, 0.15) is 308 Å². The van der Waals surface area contributed by atoms with Crippen LogP contribution in [0.5, 0.6) is 0 Å².